The van der Waals surface area contributed by atoms with Crippen LogP contribution in [0.3, 0.4) is 0 Å². The second kappa shape index (κ2) is 6.79. The van der Waals surface area contributed by atoms with Crippen LogP contribution in [0.2, 0.25) is 0 Å². The van der Waals surface area contributed by atoms with Crippen molar-refractivity contribution in [2.75, 3.05) is 33.2 Å². The summed E-state index contributed by atoms with van der Waals surface area (Å²) in [6.45, 7) is 6.03. The van der Waals surface area contributed by atoms with E-state index in [1.54, 1.807) is 0 Å². The van der Waals surface area contributed by atoms with Crippen LogP contribution < -0.4 is 0 Å². The van der Waals surface area contributed by atoms with Crippen molar-refractivity contribution in [1.29, 1.82) is 0 Å². The standard InChI is InChI=1S/C20H28N4O/c1-15-14-24(19-3-8-21-13-18(15)19)17-6-11-23(12-7-17)20(25)16-4-9-22(2)10-5-16/h3,8,13-14,16-17H,4-7,9-12H2,1-2H3. The average molecular weight is 340 g/mol. The highest BCUT2D eigenvalue weighted by Gasteiger charge is 2.30. The highest BCUT2D eigenvalue weighted by atomic mass is 16.2. The van der Waals surface area contributed by atoms with Crippen molar-refractivity contribution < 1.29 is 4.79 Å². The van der Waals surface area contributed by atoms with Gasteiger partial charge in [0.05, 0.1) is 5.52 Å². The Hall–Kier alpha value is -1.88. The zero-order chi connectivity index (χ0) is 17.4. The SMILES string of the molecule is Cc1cn(C2CCN(C(=O)C3CCN(C)CC3)CC2)c2ccncc12. The zero-order valence-electron chi connectivity index (χ0n) is 15.3. The quantitative estimate of drug-likeness (QED) is 0.844. The minimum Gasteiger partial charge on any atom is -0.344 e. The molecule has 2 fully saturated rings. The minimum atomic E-state index is 0.244. The van der Waals surface area contributed by atoms with Gasteiger partial charge in [-0.3, -0.25) is 9.78 Å². The number of hydrogen-bond donors (Lipinski definition) is 0. The summed E-state index contributed by atoms with van der Waals surface area (Å²) in [4.78, 5) is 21.5. The summed E-state index contributed by atoms with van der Waals surface area (Å²) < 4.78 is 2.41. The van der Waals surface area contributed by atoms with Crippen LogP contribution in [0.25, 0.3) is 10.9 Å². The van der Waals surface area contributed by atoms with Gasteiger partial charge in [-0.2, -0.15) is 0 Å². The second-order valence-electron chi connectivity index (χ2n) is 7.75. The number of aryl methyl sites for hydroxylation is 1. The first kappa shape index (κ1) is 16.6. The van der Waals surface area contributed by atoms with Gasteiger partial charge in [-0.15, -0.1) is 0 Å². The lowest BCUT2D eigenvalue weighted by molar-refractivity contribution is -0.138. The Labute approximate surface area is 149 Å². The van der Waals surface area contributed by atoms with E-state index < -0.39 is 0 Å². The number of fused-ring (bicyclic) bond motifs is 1. The van der Waals surface area contributed by atoms with E-state index in [0.29, 0.717) is 11.9 Å². The van der Waals surface area contributed by atoms with Crippen molar-refractivity contribution >= 4 is 16.8 Å². The summed E-state index contributed by atoms with van der Waals surface area (Å²) in [6.07, 6.45) is 10.2. The molecule has 25 heavy (non-hydrogen) atoms. The maximum atomic E-state index is 12.8. The highest BCUT2D eigenvalue weighted by molar-refractivity contribution is 5.83. The molecule has 4 rings (SSSR count). The summed E-state index contributed by atoms with van der Waals surface area (Å²) in [7, 11) is 2.14. The molecule has 0 unspecified atom stereocenters. The fourth-order valence-electron chi connectivity index (χ4n) is 4.44. The molecule has 0 aromatic carbocycles. The molecular weight excluding hydrogens is 312 g/mol. The fourth-order valence-corrected chi connectivity index (χ4v) is 4.44. The normalized spacial score (nSPS) is 21.1. The number of piperidine rings is 2. The Morgan fingerprint density at radius 2 is 1.84 bits per heavy atom. The maximum Gasteiger partial charge on any atom is 0.225 e. The van der Waals surface area contributed by atoms with E-state index >= 15 is 0 Å². The molecule has 0 radical (unpaired) electrons. The van der Waals surface area contributed by atoms with Gasteiger partial charge in [0.2, 0.25) is 5.91 Å². The summed E-state index contributed by atoms with van der Waals surface area (Å²) in [5, 5.41) is 1.24. The van der Waals surface area contributed by atoms with E-state index in [-0.39, 0.29) is 5.92 Å². The lowest BCUT2D eigenvalue weighted by Crippen LogP contribution is -2.45. The third kappa shape index (κ3) is 3.17. The molecule has 0 saturated carbocycles. The van der Waals surface area contributed by atoms with Gasteiger partial charge in [0, 0.05) is 49.0 Å². The van der Waals surface area contributed by atoms with Crippen LogP contribution in [-0.2, 0) is 4.79 Å². The molecule has 2 aliphatic heterocycles. The molecule has 2 aliphatic rings. The van der Waals surface area contributed by atoms with Gasteiger partial charge in [0.15, 0.2) is 0 Å². The van der Waals surface area contributed by atoms with Gasteiger partial charge in [-0.05, 0) is 64.4 Å². The maximum absolute atomic E-state index is 12.8. The van der Waals surface area contributed by atoms with Crippen LogP contribution in [0.1, 0.15) is 37.3 Å². The summed E-state index contributed by atoms with van der Waals surface area (Å²) in [5.41, 5.74) is 2.56. The van der Waals surface area contributed by atoms with Crippen LogP contribution in [0, 0.1) is 12.8 Å². The molecule has 0 bridgehead atoms. The Kier molecular flexibility index (Phi) is 4.50. The molecule has 0 aliphatic carbocycles. The van der Waals surface area contributed by atoms with Gasteiger partial charge in [0.1, 0.15) is 0 Å². The van der Waals surface area contributed by atoms with Crippen LogP contribution in [-0.4, -0.2) is 58.5 Å². The number of amides is 1. The van der Waals surface area contributed by atoms with Crippen molar-refractivity contribution in [2.45, 2.75) is 38.6 Å². The number of carbonyl (C=O) groups excluding carboxylic acids is 1. The van der Waals surface area contributed by atoms with Crippen LogP contribution in [0.5, 0.6) is 0 Å². The largest absolute Gasteiger partial charge is 0.344 e. The molecule has 0 atom stereocenters. The number of pyridine rings is 1. The predicted molar refractivity (Wildman–Crippen MR) is 99.5 cm³/mol. The summed E-state index contributed by atoms with van der Waals surface area (Å²) >= 11 is 0. The lowest BCUT2D eigenvalue weighted by Gasteiger charge is -2.37. The van der Waals surface area contributed by atoms with Crippen molar-refractivity contribution in [3.63, 3.8) is 0 Å². The monoisotopic (exact) mass is 340 g/mol. The van der Waals surface area contributed by atoms with E-state index in [1.807, 2.05) is 12.4 Å². The van der Waals surface area contributed by atoms with Gasteiger partial charge < -0.3 is 14.4 Å². The average Bonchev–Trinajstić information content (AvgIpc) is 2.99. The van der Waals surface area contributed by atoms with Crippen molar-refractivity contribution in [1.82, 2.24) is 19.4 Å². The van der Waals surface area contributed by atoms with E-state index in [9.17, 15) is 4.79 Å². The third-order valence-electron chi connectivity index (χ3n) is 6.07. The molecule has 5 nitrogen and oxygen atoms in total. The summed E-state index contributed by atoms with van der Waals surface area (Å²) in [6, 6.07) is 2.60. The Balaban J connectivity index is 1.42. The lowest BCUT2D eigenvalue weighted by atomic mass is 9.94. The van der Waals surface area contributed by atoms with E-state index in [2.05, 4.69) is 45.6 Å². The van der Waals surface area contributed by atoms with E-state index in [0.717, 1.165) is 51.9 Å². The molecular formula is C20H28N4O. The summed E-state index contributed by atoms with van der Waals surface area (Å²) in [5.74, 6) is 0.637. The number of aromatic nitrogens is 2. The molecule has 2 saturated heterocycles. The molecule has 134 valence electrons. The molecule has 1 amide bonds. The third-order valence-corrected chi connectivity index (χ3v) is 6.07. The molecule has 4 heterocycles. The van der Waals surface area contributed by atoms with Crippen molar-refractivity contribution in [3.05, 3.63) is 30.2 Å². The van der Waals surface area contributed by atoms with Crippen LogP contribution in [0.15, 0.2) is 24.7 Å². The first-order valence-corrected chi connectivity index (χ1v) is 9.52. The van der Waals surface area contributed by atoms with Crippen LogP contribution >= 0.6 is 0 Å². The second-order valence-corrected chi connectivity index (χ2v) is 7.75. The fraction of sp³-hybridized carbons (Fsp3) is 0.600. The number of likely N-dealkylation sites (tertiary alicyclic amines) is 2. The molecule has 5 heteroatoms. The van der Waals surface area contributed by atoms with Crippen molar-refractivity contribution in [3.8, 4) is 0 Å². The molecule has 0 N–H and O–H groups in total. The minimum absolute atomic E-state index is 0.244. The highest BCUT2D eigenvalue weighted by Crippen LogP contribution is 2.30. The Morgan fingerprint density at radius 3 is 2.56 bits per heavy atom. The topological polar surface area (TPSA) is 41.4 Å². The Bertz CT molecular complexity index is 752. The number of hydrogen-bond acceptors (Lipinski definition) is 3. The van der Waals surface area contributed by atoms with E-state index in [4.69, 9.17) is 0 Å². The molecule has 2 aromatic rings. The zero-order valence-corrected chi connectivity index (χ0v) is 15.3. The molecule has 0 spiro atoms. The number of nitrogens with zero attached hydrogens (tertiary/aromatic N) is 4. The predicted octanol–water partition coefficient (Wildman–Crippen LogP) is 2.85. The first-order chi connectivity index (χ1) is 12.1. The van der Waals surface area contributed by atoms with Gasteiger partial charge in [-0.25, -0.2) is 0 Å². The van der Waals surface area contributed by atoms with E-state index in [1.165, 1.54) is 16.5 Å². The first-order valence-electron chi connectivity index (χ1n) is 9.52. The van der Waals surface area contributed by atoms with Crippen molar-refractivity contribution in [2.24, 2.45) is 5.92 Å². The number of carbonyl (C=O) groups is 1. The number of rotatable bonds is 2. The van der Waals surface area contributed by atoms with Gasteiger partial charge >= 0.3 is 0 Å². The van der Waals surface area contributed by atoms with Gasteiger partial charge in [-0.1, -0.05) is 0 Å². The molecule has 2 aromatic heterocycles. The smallest absolute Gasteiger partial charge is 0.225 e. The van der Waals surface area contributed by atoms with Crippen LogP contribution in [0.4, 0.5) is 0 Å². The Morgan fingerprint density at radius 1 is 1.12 bits per heavy atom. The van der Waals surface area contributed by atoms with Gasteiger partial charge in [0.25, 0.3) is 0 Å².